The zero-order chi connectivity index (χ0) is 15.5. The van der Waals surface area contributed by atoms with Crippen LogP contribution >= 0.6 is 12.4 Å². The van der Waals surface area contributed by atoms with Crippen LogP contribution in [0.25, 0.3) is 0 Å². The van der Waals surface area contributed by atoms with Crippen molar-refractivity contribution in [3.05, 3.63) is 24.0 Å². The lowest BCUT2D eigenvalue weighted by atomic mass is 9.95. The number of halogens is 2. The fourth-order valence-electron chi connectivity index (χ4n) is 3.10. The van der Waals surface area contributed by atoms with Crippen LogP contribution in [0, 0.1) is 23.6 Å². The van der Waals surface area contributed by atoms with E-state index >= 15 is 0 Å². The second kappa shape index (κ2) is 7.97. The highest BCUT2D eigenvalue weighted by molar-refractivity contribution is 5.94. The van der Waals surface area contributed by atoms with Crippen molar-refractivity contribution in [3.8, 4) is 5.75 Å². The second-order valence-electron chi connectivity index (χ2n) is 6.42. The molecule has 2 aliphatic rings. The molecule has 0 heterocycles. The molecule has 0 spiro atoms. The summed E-state index contributed by atoms with van der Waals surface area (Å²) in [6, 6.07) is 4.25. The van der Waals surface area contributed by atoms with Crippen molar-refractivity contribution in [2.45, 2.75) is 32.1 Å². The molecule has 0 aromatic heterocycles. The normalized spacial score (nSPS) is 23.2. The van der Waals surface area contributed by atoms with Gasteiger partial charge in [0.1, 0.15) is 11.6 Å². The molecule has 4 nitrogen and oxygen atoms in total. The van der Waals surface area contributed by atoms with Crippen LogP contribution in [-0.4, -0.2) is 19.1 Å². The Bertz CT molecular complexity index is 551. The van der Waals surface area contributed by atoms with E-state index in [9.17, 15) is 9.18 Å². The van der Waals surface area contributed by atoms with Crippen LogP contribution in [0.4, 0.5) is 10.1 Å². The zero-order valence-corrected chi connectivity index (χ0v) is 13.9. The van der Waals surface area contributed by atoms with E-state index in [2.05, 4.69) is 5.32 Å². The molecule has 0 unspecified atom stereocenters. The fraction of sp³-hybridized carbons (Fsp3) is 0.588. The summed E-state index contributed by atoms with van der Waals surface area (Å²) in [6.07, 6.45) is 5.24. The molecule has 3 rings (SSSR count). The van der Waals surface area contributed by atoms with Crippen molar-refractivity contribution >= 4 is 24.0 Å². The first-order chi connectivity index (χ1) is 10.7. The van der Waals surface area contributed by atoms with E-state index in [1.165, 1.54) is 12.1 Å². The number of hydrogen-bond acceptors (Lipinski definition) is 3. The number of amides is 1. The number of rotatable bonds is 6. The Morgan fingerprint density at radius 2 is 2.09 bits per heavy atom. The Morgan fingerprint density at radius 3 is 2.78 bits per heavy atom. The SMILES string of the molecule is Cl.NC[C@H]1CCC[C@H]1C(=O)Nc1ccc(F)cc1OCC1CC1. The molecule has 128 valence electrons. The summed E-state index contributed by atoms with van der Waals surface area (Å²) in [4.78, 5) is 12.5. The van der Waals surface area contributed by atoms with Gasteiger partial charge in [-0.15, -0.1) is 12.4 Å². The molecule has 2 atom stereocenters. The Hall–Kier alpha value is -1.33. The average molecular weight is 343 g/mol. The van der Waals surface area contributed by atoms with Crippen LogP contribution in [0.15, 0.2) is 18.2 Å². The van der Waals surface area contributed by atoms with Gasteiger partial charge in [-0.25, -0.2) is 4.39 Å². The Balaban J connectivity index is 0.00000192. The van der Waals surface area contributed by atoms with Crippen molar-refractivity contribution in [2.24, 2.45) is 23.5 Å². The lowest BCUT2D eigenvalue weighted by molar-refractivity contribution is -0.120. The van der Waals surface area contributed by atoms with Crippen LogP contribution in [0.1, 0.15) is 32.1 Å². The fourth-order valence-corrected chi connectivity index (χ4v) is 3.10. The Morgan fingerprint density at radius 1 is 1.30 bits per heavy atom. The van der Waals surface area contributed by atoms with E-state index in [1.807, 2.05) is 0 Å². The third-order valence-electron chi connectivity index (χ3n) is 4.67. The third-order valence-corrected chi connectivity index (χ3v) is 4.67. The minimum atomic E-state index is -0.357. The standard InChI is InChI=1S/C17H23FN2O2.ClH/c18-13-6-7-15(16(8-13)22-10-11-4-5-11)20-17(21)14-3-1-2-12(14)9-19;/h6-8,11-12,14H,1-5,9-10,19H2,(H,20,21);1H/t12-,14-;/m1./s1. The third kappa shape index (κ3) is 4.58. The summed E-state index contributed by atoms with van der Waals surface area (Å²) >= 11 is 0. The maximum Gasteiger partial charge on any atom is 0.227 e. The molecule has 2 saturated carbocycles. The first kappa shape index (κ1) is 18.0. The summed E-state index contributed by atoms with van der Waals surface area (Å²) in [5, 5.41) is 2.90. The van der Waals surface area contributed by atoms with Crippen LogP contribution in [0.3, 0.4) is 0 Å². The van der Waals surface area contributed by atoms with Crippen LogP contribution in [0.5, 0.6) is 5.75 Å². The first-order valence-corrected chi connectivity index (χ1v) is 8.10. The van der Waals surface area contributed by atoms with E-state index in [-0.39, 0.29) is 36.0 Å². The molecule has 6 heteroatoms. The molecule has 0 bridgehead atoms. The average Bonchev–Trinajstić information content (AvgIpc) is 3.21. The van der Waals surface area contributed by atoms with Gasteiger partial charge in [-0.1, -0.05) is 6.42 Å². The van der Waals surface area contributed by atoms with E-state index in [4.69, 9.17) is 10.5 Å². The Labute approximate surface area is 142 Å². The number of nitrogens with two attached hydrogens (primary N) is 1. The summed E-state index contributed by atoms with van der Waals surface area (Å²) < 4.78 is 19.1. The molecule has 2 aliphatic carbocycles. The second-order valence-corrected chi connectivity index (χ2v) is 6.42. The van der Waals surface area contributed by atoms with Crippen molar-refractivity contribution in [1.29, 1.82) is 0 Å². The predicted molar refractivity (Wildman–Crippen MR) is 90.4 cm³/mol. The number of hydrogen-bond donors (Lipinski definition) is 2. The lowest BCUT2D eigenvalue weighted by Gasteiger charge is -2.19. The summed E-state index contributed by atoms with van der Waals surface area (Å²) in [5.74, 6) is 0.800. The van der Waals surface area contributed by atoms with Gasteiger partial charge in [0, 0.05) is 12.0 Å². The maximum absolute atomic E-state index is 13.4. The monoisotopic (exact) mass is 342 g/mol. The number of benzene rings is 1. The molecule has 1 amide bonds. The van der Waals surface area contributed by atoms with Crippen LogP contribution < -0.4 is 15.8 Å². The van der Waals surface area contributed by atoms with Crippen LogP contribution in [0.2, 0.25) is 0 Å². The number of anilines is 1. The molecule has 0 saturated heterocycles. The number of carbonyl (C=O) groups is 1. The molecule has 2 fully saturated rings. The maximum atomic E-state index is 13.4. The van der Waals surface area contributed by atoms with Gasteiger partial charge in [-0.3, -0.25) is 4.79 Å². The molecule has 1 aromatic carbocycles. The van der Waals surface area contributed by atoms with E-state index in [0.717, 1.165) is 32.1 Å². The largest absolute Gasteiger partial charge is 0.491 e. The highest BCUT2D eigenvalue weighted by Crippen LogP contribution is 2.35. The van der Waals surface area contributed by atoms with Gasteiger partial charge in [0.05, 0.1) is 12.3 Å². The van der Waals surface area contributed by atoms with Gasteiger partial charge in [0.25, 0.3) is 0 Å². The number of ether oxygens (including phenoxy) is 1. The number of nitrogens with one attached hydrogen (secondary N) is 1. The quantitative estimate of drug-likeness (QED) is 0.833. The molecule has 0 radical (unpaired) electrons. The molecule has 3 N–H and O–H groups in total. The van der Waals surface area contributed by atoms with Gasteiger partial charge in [-0.05, 0) is 56.2 Å². The smallest absolute Gasteiger partial charge is 0.227 e. The minimum Gasteiger partial charge on any atom is -0.491 e. The van der Waals surface area contributed by atoms with Gasteiger partial charge >= 0.3 is 0 Å². The van der Waals surface area contributed by atoms with E-state index < -0.39 is 0 Å². The van der Waals surface area contributed by atoms with Crippen molar-refractivity contribution < 1.29 is 13.9 Å². The number of carbonyl (C=O) groups excluding carboxylic acids is 1. The van der Waals surface area contributed by atoms with Crippen molar-refractivity contribution in [2.75, 3.05) is 18.5 Å². The minimum absolute atomic E-state index is 0. The van der Waals surface area contributed by atoms with Gasteiger partial charge in [-0.2, -0.15) is 0 Å². The van der Waals surface area contributed by atoms with Gasteiger partial charge in [0.2, 0.25) is 5.91 Å². The zero-order valence-electron chi connectivity index (χ0n) is 13.1. The highest BCUT2D eigenvalue weighted by Gasteiger charge is 2.32. The van der Waals surface area contributed by atoms with Gasteiger partial charge < -0.3 is 15.8 Å². The van der Waals surface area contributed by atoms with E-state index in [1.54, 1.807) is 6.07 Å². The van der Waals surface area contributed by atoms with Crippen LogP contribution in [-0.2, 0) is 4.79 Å². The topological polar surface area (TPSA) is 64.4 Å². The van der Waals surface area contributed by atoms with E-state index in [0.29, 0.717) is 30.5 Å². The van der Waals surface area contributed by atoms with Crippen molar-refractivity contribution in [1.82, 2.24) is 0 Å². The highest BCUT2D eigenvalue weighted by atomic mass is 35.5. The predicted octanol–water partition coefficient (Wildman–Crippen LogP) is 3.35. The summed E-state index contributed by atoms with van der Waals surface area (Å²) in [5.41, 5.74) is 6.29. The lowest BCUT2D eigenvalue weighted by Crippen LogP contribution is -2.29. The Kier molecular flexibility index (Phi) is 6.25. The first-order valence-electron chi connectivity index (χ1n) is 8.10. The molecule has 23 heavy (non-hydrogen) atoms. The molecular formula is C17H24ClFN2O2. The molecule has 1 aromatic rings. The molecular weight excluding hydrogens is 319 g/mol. The summed E-state index contributed by atoms with van der Waals surface area (Å²) in [6.45, 7) is 1.12. The van der Waals surface area contributed by atoms with Gasteiger partial charge in [0.15, 0.2) is 0 Å². The molecule has 0 aliphatic heterocycles. The van der Waals surface area contributed by atoms with Crippen molar-refractivity contribution in [3.63, 3.8) is 0 Å². The summed E-state index contributed by atoms with van der Waals surface area (Å²) in [7, 11) is 0.